The van der Waals surface area contributed by atoms with E-state index in [2.05, 4.69) is 10.3 Å². The van der Waals surface area contributed by atoms with E-state index >= 15 is 0 Å². The molecule has 0 aliphatic carbocycles. The highest BCUT2D eigenvalue weighted by Crippen LogP contribution is 2.21. The number of hydrogen-bond donors (Lipinski definition) is 2. The number of carbonyl (C=O) groups is 3. The molecule has 1 aromatic rings. The number of aryl methyl sites for hydroxylation is 1. The summed E-state index contributed by atoms with van der Waals surface area (Å²) in [5.74, 6) is -1.99. The van der Waals surface area contributed by atoms with Crippen molar-refractivity contribution in [2.75, 3.05) is 11.5 Å². The maximum absolute atomic E-state index is 12.4. The van der Waals surface area contributed by atoms with Crippen LogP contribution in [0.25, 0.3) is 0 Å². The Balaban J connectivity index is 2.04. The zero-order chi connectivity index (χ0) is 21.2. The highest BCUT2D eigenvalue weighted by atomic mass is 32.2. The molecule has 0 unspecified atom stereocenters. The number of nitrogens with one attached hydrogen (secondary N) is 2. The van der Waals surface area contributed by atoms with Gasteiger partial charge in [-0.3, -0.25) is 4.79 Å². The van der Waals surface area contributed by atoms with E-state index in [9.17, 15) is 22.8 Å². The second-order valence-corrected chi connectivity index (χ2v) is 9.46. The fraction of sp³-hybridized carbons (Fsp3) is 0.611. The molecule has 0 radical (unpaired) electrons. The Morgan fingerprint density at radius 1 is 1.11 bits per heavy atom. The largest absolute Gasteiger partial charge is 0.459 e. The predicted octanol–water partition coefficient (Wildman–Crippen LogP) is 1.05. The monoisotopic (exact) mass is 414 g/mol. The Bertz CT molecular complexity index is 886. The number of aromatic nitrogens is 1. The summed E-state index contributed by atoms with van der Waals surface area (Å²) >= 11 is 0. The van der Waals surface area contributed by atoms with Crippen LogP contribution in [0.1, 0.15) is 59.3 Å². The fourth-order valence-electron chi connectivity index (χ4n) is 3.03. The molecule has 1 aliphatic heterocycles. The number of hydrogen-bond acceptors (Lipinski definition) is 7. The van der Waals surface area contributed by atoms with Crippen molar-refractivity contribution in [2.24, 2.45) is 0 Å². The number of ether oxygens (including phenoxy) is 2. The Labute approximate surface area is 164 Å². The zero-order valence-corrected chi connectivity index (χ0v) is 17.4. The van der Waals surface area contributed by atoms with E-state index in [1.807, 2.05) is 0 Å². The minimum atomic E-state index is -3.13. The van der Waals surface area contributed by atoms with E-state index < -0.39 is 39.8 Å². The first-order valence-electron chi connectivity index (χ1n) is 9.03. The first-order valence-corrected chi connectivity index (χ1v) is 10.8. The molecule has 1 aliphatic rings. The van der Waals surface area contributed by atoms with Gasteiger partial charge in [0.05, 0.1) is 23.2 Å². The average molecular weight is 414 g/mol. The number of aromatic amines is 1. The Morgan fingerprint density at radius 2 is 1.75 bits per heavy atom. The van der Waals surface area contributed by atoms with Gasteiger partial charge in [0.25, 0.3) is 5.91 Å². The molecule has 1 saturated heterocycles. The van der Waals surface area contributed by atoms with Gasteiger partial charge in [-0.1, -0.05) is 0 Å². The normalized spacial score (nSPS) is 19.3. The third-order valence-corrected chi connectivity index (χ3v) is 6.19. The summed E-state index contributed by atoms with van der Waals surface area (Å²) in [4.78, 5) is 39.7. The molecule has 2 atom stereocenters. The highest BCUT2D eigenvalue weighted by molar-refractivity contribution is 7.91. The van der Waals surface area contributed by atoms with Gasteiger partial charge in [0.1, 0.15) is 5.69 Å². The quantitative estimate of drug-likeness (QED) is 0.665. The summed E-state index contributed by atoms with van der Waals surface area (Å²) in [7, 11) is -3.13. The molecular weight excluding hydrogens is 388 g/mol. The van der Waals surface area contributed by atoms with Gasteiger partial charge in [-0.25, -0.2) is 18.0 Å². The van der Waals surface area contributed by atoms with E-state index in [1.54, 1.807) is 27.7 Å². The number of rotatable bonds is 6. The SMILES string of the molecule is Cc1[nH]c(C(=O)O[C@@H](C)C(=O)N[C@H]2CCS(=O)(=O)C2)c(C)c1C(=O)OC(C)C. The lowest BCUT2D eigenvalue weighted by Gasteiger charge is -2.16. The number of esters is 2. The van der Waals surface area contributed by atoms with E-state index in [0.717, 1.165) is 0 Å². The molecular formula is C18H26N2O7S. The average Bonchev–Trinajstić information content (AvgIpc) is 3.04. The van der Waals surface area contributed by atoms with Crippen molar-refractivity contribution in [3.8, 4) is 0 Å². The van der Waals surface area contributed by atoms with Crippen LogP contribution in [0, 0.1) is 13.8 Å². The number of H-pyrrole nitrogens is 1. The van der Waals surface area contributed by atoms with Crippen LogP contribution in [0.2, 0.25) is 0 Å². The van der Waals surface area contributed by atoms with E-state index in [-0.39, 0.29) is 28.9 Å². The molecule has 1 amide bonds. The molecule has 0 bridgehead atoms. The maximum Gasteiger partial charge on any atom is 0.355 e. The summed E-state index contributed by atoms with van der Waals surface area (Å²) in [6.07, 6.45) is -1.09. The minimum absolute atomic E-state index is 0.0301. The molecule has 0 spiro atoms. The van der Waals surface area contributed by atoms with E-state index in [0.29, 0.717) is 17.7 Å². The van der Waals surface area contributed by atoms with Crippen LogP contribution in [0.4, 0.5) is 0 Å². The lowest BCUT2D eigenvalue weighted by Crippen LogP contribution is -2.42. The van der Waals surface area contributed by atoms with Crippen LogP contribution in [0.3, 0.4) is 0 Å². The highest BCUT2D eigenvalue weighted by Gasteiger charge is 2.31. The summed E-state index contributed by atoms with van der Waals surface area (Å²) in [5, 5.41) is 2.58. The third kappa shape index (κ3) is 5.12. The Morgan fingerprint density at radius 3 is 2.29 bits per heavy atom. The van der Waals surface area contributed by atoms with Crippen LogP contribution in [-0.2, 0) is 24.1 Å². The summed E-state index contributed by atoms with van der Waals surface area (Å²) in [5.41, 5.74) is 1.16. The summed E-state index contributed by atoms with van der Waals surface area (Å²) in [6, 6.07) is -0.481. The molecule has 2 heterocycles. The second-order valence-electron chi connectivity index (χ2n) is 7.24. The van der Waals surface area contributed by atoms with Crippen molar-refractivity contribution < 1.29 is 32.3 Å². The lowest BCUT2D eigenvalue weighted by atomic mass is 10.1. The van der Waals surface area contributed by atoms with Crippen molar-refractivity contribution in [2.45, 2.75) is 59.3 Å². The topological polar surface area (TPSA) is 132 Å². The minimum Gasteiger partial charge on any atom is -0.459 e. The van der Waals surface area contributed by atoms with E-state index in [4.69, 9.17) is 9.47 Å². The van der Waals surface area contributed by atoms with Crippen LogP contribution in [0.5, 0.6) is 0 Å². The van der Waals surface area contributed by atoms with Gasteiger partial charge in [0.2, 0.25) is 0 Å². The molecule has 1 aromatic heterocycles. The standard InChI is InChI=1S/C18H26N2O7S/c1-9(2)26-17(22)14-10(3)15(19-11(14)4)18(23)27-12(5)16(21)20-13-6-7-28(24,25)8-13/h9,12-13,19H,6-8H2,1-5H3,(H,20,21)/t12-,13-/m0/s1. The van der Waals surface area contributed by atoms with Crippen LogP contribution in [-0.4, -0.2) is 61.0 Å². The van der Waals surface area contributed by atoms with E-state index in [1.165, 1.54) is 6.92 Å². The van der Waals surface area contributed by atoms with Gasteiger partial charge in [0.15, 0.2) is 15.9 Å². The Kier molecular flexibility index (Phi) is 6.53. The first-order chi connectivity index (χ1) is 12.9. The van der Waals surface area contributed by atoms with Gasteiger partial charge in [-0.05, 0) is 46.6 Å². The smallest absolute Gasteiger partial charge is 0.355 e. The first kappa shape index (κ1) is 21.9. The van der Waals surface area contributed by atoms with Gasteiger partial charge < -0.3 is 19.8 Å². The van der Waals surface area contributed by atoms with Crippen LogP contribution in [0.15, 0.2) is 0 Å². The molecule has 2 rings (SSSR count). The van der Waals surface area contributed by atoms with Gasteiger partial charge >= 0.3 is 11.9 Å². The zero-order valence-electron chi connectivity index (χ0n) is 16.6. The lowest BCUT2D eigenvalue weighted by molar-refractivity contribution is -0.129. The molecule has 1 fully saturated rings. The van der Waals surface area contributed by atoms with Crippen LogP contribution < -0.4 is 5.32 Å². The summed E-state index contributed by atoms with van der Waals surface area (Å²) in [6.45, 7) is 8.07. The van der Waals surface area contributed by atoms with Crippen LogP contribution >= 0.6 is 0 Å². The van der Waals surface area contributed by atoms with Crippen molar-refractivity contribution in [1.29, 1.82) is 0 Å². The molecule has 0 aromatic carbocycles. The molecule has 0 saturated carbocycles. The number of sulfone groups is 1. The molecule has 10 heteroatoms. The predicted molar refractivity (Wildman–Crippen MR) is 101 cm³/mol. The van der Waals surface area contributed by atoms with Crippen molar-refractivity contribution in [1.82, 2.24) is 10.3 Å². The van der Waals surface area contributed by atoms with Gasteiger partial charge in [-0.2, -0.15) is 0 Å². The number of amides is 1. The van der Waals surface area contributed by atoms with Gasteiger partial charge in [-0.15, -0.1) is 0 Å². The second kappa shape index (κ2) is 8.34. The van der Waals surface area contributed by atoms with Gasteiger partial charge in [0, 0.05) is 11.7 Å². The summed E-state index contributed by atoms with van der Waals surface area (Å²) < 4.78 is 33.3. The molecule has 156 valence electrons. The van der Waals surface area contributed by atoms with Crippen molar-refractivity contribution in [3.63, 3.8) is 0 Å². The van der Waals surface area contributed by atoms with Crippen molar-refractivity contribution >= 4 is 27.7 Å². The van der Waals surface area contributed by atoms with Crippen molar-refractivity contribution in [3.05, 3.63) is 22.5 Å². The third-order valence-electron chi connectivity index (χ3n) is 4.42. The maximum atomic E-state index is 12.4. The fourth-order valence-corrected chi connectivity index (χ4v) is 4.71. The Hall–Kier alpha value is -2.36. The molecule has 28 heavy (non-hydrogen) atoms. The number of carbonyl (C=O) groups excluding carboxylic acids is 3. The molecule has 9 nitrogen and oxygen atoms in total. The molecule has 2 N–H and O–H groups in total.